The van der Waals surface area contributed by atoms with Gasteiger partial charge in [0, 0.05) is 24.7 Å². The molecule has 1 heterocycles. The molecule has 1 aromatic heterocycles. The lowest BCUT2D eigenvalue weighted by Gasteiger charge is -2.11. The van der Waals surface area contributed by atoms with Gasteiger partial charge in [0.15, 0.2) is 15.8 Å². The van der Waals surface area contributed by atoms with E-state index in [1.54, 1.807) is 42.6 Å². The van der Waals surface area contributed by atoms with E-state index in [0.29, 0.717) is 17.4 Å². The first-order valence-electron chi connectivity index (χ1n) is 6.75. The van der Waals surface area contributed by atoms with Crippen LogP contribution in [-0.4, -0.2) is 27.7 Å². The highest BCUT2D eigenvalue weighted by atomic mass is 32.2. The van der Waals surface area contributed by atoms with Crippen LogP contribution in [0.2, 0.25) is 0 Å². The average molecular weight is 337 g/mol. The van der Waals surface area contributed by atoms with Gasteiger partial charge >= 0.3 is 0 Å². The summed E-state index contributed by atoms with van der Waals surface area (Å²) in [6.45, 7) is 1.30. The lowest BCUT2D eigenvalue weighted by Crippen LogP contribution is -2.36. The summed E-state index contributed by atoms with van der Waals surface area (Å²) in [7, 11) is -1.43. The predicted molar refractivity (Wildman–Crippen MR) is 90.9 cm³/mol. The van der Waals surface area contributed by atoms with Crippen LogP contribution in [0.15, 0.2) is 51.7 Å². The molecule has 0 aliphatic carbocycles. The number of hydrogen-bond acceptors (Lipinski definition) is 4. The van der Waals surface area contributed by atoms with Crippen molar-refractivity contribution in [2.75, 3.05) is 13.3 Å². The van der Waals surface area contributed by atoms with Gasteiger partial charge in [0.1, 0.15) is 0 Å². The van der Waals surface area contributed by atoms with E-state index in [0.717, 1.165) is 12.1 Å². The summed E-state index contributed by atoms with van der Waals surface area (Å²) in [5.74, 6) is 0.709. The van der Waals surface area contributed by atoms with Gasteiger partial charge in [-0.25, -0.2) is 8.42 Å². The SMILES string of the molecule is CN=C(NCc1ccc(S(C)(=O)=O)cc1)NCc1cccs1. The summed E-state index contributed by atoms with van der Waals surface area (Å²) in [6.07, 6.45) is 1.20. The van der Waals surface area contributed by atoms with E-state index in [1.165, 1.54) is 11.1 Å². The number of rotatable bonds is 5. The van der Waals surface area contributed by atoms with E-state index in [1.807, 2.05) is 11.4 Å². The van der Waals surface area contributed by atoms with Crippen molar-refractivity contribution in [2.24, 2.45) is 4.99 Å². The van der Waals surface area contributed by atoms with E-state index in [-0.39, 0.29) is 0 Å². The van der Waals surface area contributed by atoms with Crippen LogP contribution in [0.25, 0.3) is 0 Å². The van der Waals surface area contributed by atoms with Crippen molar-refractivity contribution in [3.63, 3.8) is 0 Å². The molecule has 0 radical (unpaired) electrons. The average Bonchev–Trinajstić information content (AvgIpc) is 3.00. The minimum absolute atomic E-state index is 0.330. The molecule has 0 aliphatic heterocycles. The van der Waals surface area contributed by atoms with Gasteiger partial charge in [-0.2, -0.15) is 0 Å². The molecule has 118 valence electrons. The highest BCUT2D eigenvalue weighted by molar-refractivity contribution is 7.90. The summed E-state index contributed by atoms with van der Waals surface area (Å²) >= 11 is 1.69. The van der Waals surface area contributed by atoms with Gasteiger partial charge in [-0.1, -0.05) is 18.2 Å². The van der Waals surface area contributed by atoms with Crippen molar-refractivity contribution in [3.8, 4) is 0 Å². The maximum absolute atomic E-state index is 11.4. The molecule has 0 unspecified atom stereocenters. The van der Waals surface area contributed by atoms with Crippen LogP contribution in [0.5, 0.6) is 0 Å². The van der Waals surface area contributed by atoms with E-state index in [9.17, 15) is 8.42 Å². The van der Waals surface area contributed by atoms with Crippen molar-refractivity contribution in [3.05, 3.63) is 52.2 Å². The Morgan fingerprint density at radius 2 is 1.82 bits per heavy atom. The van der Waals surface area contributed by atoms with E-state index in [4.69, 9.17) is 0 Å². The quantitative estimate of drug-likeness (QED) is 0.647. The molecule has 0 aliphatic rings. The van der Waals surface area contributed by atoms with Crippen LogP contribution < -0.4 is 10.6 Å². The molecule has 0 saturated heterocycles. The van der Waals surface area contributed by atoms with Gasteiger partial charge in [0.2, 0.25) is 0 Å². The number of nitrogens with one attached hydrogen (secondary N) is 2. The van der Waals surface area contributed by atoms with Crippen molar-refractivity contribution >= 4 is 27.1 Å². The highest BCUT2D eigenvalue weighted by Gasteiger charge is 2.06. The molecule has 1 aromatic carbocycles. The van der Waals surface area contributed by atoms with Crippen LogP contribution in [-0.2, 0) is 22.9 Å². The number of hydrogen-bond donors (Lipinski definition) is 2. The van der Waals surface area contributed by atoms with Gasteiger partial charge < -0.3 is 10.6 Å². The maximum atomic E-state index is 11.4. The minimum atomic E-state index is -3.14. The summed E-state index contributed by atoms with van der Waals surface area (Å²) in [6, 6.07) is 10.9. The maximum Gasteiger partial charge on any atom is 0.191 e. The molecule has 2 N–H and O–H groups in total. The Hall–Kier alpha value is -1.86. The zero-order valence-electron chi connectivity index (χ0n) is 12.5. The predicted octanol–water partition coefficient (Wildman–Crippen LogP) is 2.02. The summed E-state index contributed by atoms with van der Waals surface area (Å²) in [4.78, 5) is 5.73. The number of thiophene rings is 1. The van der Waals surface area contributed by atoms with E-state index >= 15 is 0 Å². The van der Waals surface area contributed by atoms with Crippen molar-refractivity contribution in [2.45, 2.75) is 18.0 Å². The fraction of sp³-hybridized carbons (Fsp3) is 0.267. The number of aliphatic imine (C=N–C) groups is 1. The number of nitrogens with zero attached hydrogens (tertiary/aromatic N) is 1. The Balaban J connectivity index is 1.88. The molecule has 7 heteroatoms. The normalized spacial score (nSPS) is 12.2. The topological polar surface area (TPSA) is 70.6 Å². The zero-order valence-corrected chi connectivity index (χ0v) is 14.2. The number of guanidine groups is 1. The fourth-order valence-corrected chi connectivity index (χ4v) is 3.12. The van der Waals surface area contributed by atoms with Crippen LogP contribution >= 0.6 is 11.3 Å². The van der Waals surface area contributed by atoms with Gasteiger partial charge in [0.25, 0.3) is 0 Å². The molecule has 0 bridgehead atoms. The molecule has 0 amide bonds. The van der Waals surface area contributed by atoms with Crippen LogP contribution in [0.1, 0.15) is 10.4 Å². The second-order valence-electron chi connectivity index (χ2n) is 4.77. The molecule has 22 heavy (non-hydrogen) atoms. The molecule has 5 nitrogen and oxygen atoms in total. The monoisotopic (exact) mass is 337 g/mol. The van der Waals surface area contributed by atoms with E-state index < -0.39 is 9.84 Å². The molecule has 2 aromatic rings. The number of benzene rings is 1. The molecule has 0 spiro atoms. The largest absolute Gasteiger partial charge is 0.352 e. The molecule has 0 atom stereocenters. The zero-order chi connectivity index (χ0) is 16.0. The molecular weight excluding hydrogens is 318 g/mol. The third kappa shape index (κ3) is 4.85. The number of sulfone groups is 1. The Bertz CT molecular complexity index is 721. The Kier molecular flexibility index (Phi) is 5.57. The van der Waals surface area contributed by atoms with Crippen molar-refractivity contribution < 1.29 is 8.42 Å². The van der Waals surface area contributed by atoms with Crippen LogP contribution in [0, 0.1) is 0 Å². The lowest BCUT2D eigenvalue weighted by atomic mass is 10.2. The first-order chi connectivity index (χ1) is 10.5. The van der Waals surface area contributed by atoms with Crippen LogP contribution in [0.3, 0.4) is 0 Å². The molecular formula is C15H19N3O2S2. The Labute approximate surface area is 135 Å². The second kappa shape index (κ2) is 7.42. The van der Waals surface area contributed by atoms with E-state index in [2.05, 4.69) is 21.7 Å². The van der Waals surface area contributed by atoms with Gasteiger partial charge in [0.05, 0.1) is 11.4 Å². The van der Waals surface area contributed by atoms with Gasteiger partial charge in [-0.15, -0.1) is 11.3 Å². The summed E-state index contributed by atoms with van der Waals surface area (Å²) < 4.78 is 22.8. The lowest BCUT2D eigenvalue weighted by molar-refractivity contribution is 0.602. The van der Waals surface area contributed by atoms with Crippen LogP contribution in [0.4, 0.5) is 0 Å². The highest BCUT2D eigenvalue weighted by Crippen LogP contribution is 2.10. The smallest absolute Gasteiger partial charge is 0.191 e. The van der Waals surface area contributed by atoms with Gasteiger partial charge in [-0.05, 0) is 29.1 Å². The van der Waals surface area contributed by atoms with Gasteiger partial charge in [-0.3, -0.25) is 4.99 Å². The van der Waals surface area contributed by atoms with Crippen molar-refractivity contribution in [1.82, 2.24) is 10.6 Å². The Morgan fingerprint density at radius 3 is 2.36 bits per heavy atom. The molecule has 0 saturated carbocycles. The molecule has 0 fully saturated rings. The Morgan fingerprint density at radius 1 is 1.14 bits per heavy atom. The van der Waals surface area contributed by atoms with Crippen molar-refractivity contribution in [1.29, 1.82) is 0 Å². The first kappa shape index (κ1) is 16.5. The third-order valence-corrected chi connectivity index (χ3v) is 5.05. The molecule has 2 rings (SSSR count). The standard InChI is InChI=1S/C15H19N3O2S2/c1-16-15(18-11-13-4-3-9-21-13)17-10-12-5-7-14(8-6-12)22(2,19)20/h3-9H,10-11H2,1-2H3,(H2,16,17,18). The minimum Gasteiger partial charge on any atom is -0.352 e. The summed E-state index contributed by atoms with van der Waals surface area (Å²) in [5, 5.41) is 8.47. The summed E-state index contributed by atoms with van der Waals surface area (Å²) in [5.41, 5.74) is 0.992. The first-order valence-corrected chi connectivity index (χ1v) is 9.52. The fourth-order valence-electron chi connectivity index (χ4n) is 1.84. The third-order valence-electron chi connectivity index (χ3n) is 3.05. The second-order valence-corrected chi connectivity index (χ2v) is 7.82.